The second-order valence-corrected chi connectivity index (χ2v) is 9.92. The van der Waals surface area contributed by atoms with Gasteiger partial charge in [-0.3, -0.25) is 19.1 Å². The number of rotatable bonds is 3. The summed E-state index contributed by atoms with van der Waals surface area (Å²) in [6.07, 6.45) is -2.97. The molecule has 0 bridgehead atoms. The van der Waals surface area contributed by atoms with Gasteiger partial charge < -0.3 is 24.8 Å². The summed E-state index contributed by atoms with van der Waals surface area (Å²) in [6, 6.07) is 1.76. The maximum Gasteiger partial charge on any atom is 0.408 e. The Labute approximate surface area is 214 Å². The van der Waals surface area contributed by atoms with Crippen LogP contribution in [0.2, 0.25) is 0 Å². The van der Waals surface area contributed by atoms with E-state index in [1.54, 1.807) is 30.1 Å². The predicted octanol–water partition coefficient (Wildman–Crippen LogP) is 2.61. The monoisotopic (exact) mass is 543 g/mol. The molecule has 0 radical (unpaired) electrons. The van der Waals surface area contributed by atoms with Gasteiger partial charge in [0, 0.05) is 44.0 Å². The summed E-state index contributed by atoms with van der Waals surface area (Å²) in [7, 11) is 1.68. The van der Waals surface area contributed by atoms with Crippen LogP contribution in [0.4, 0.5) is 23.2 Å². The minimum absolute atomic E-state index is 0.0867. The second kappa shape index (κ2) is 10.2. The van der Waals surface area contributed by atoms with E-state index in [0.29, 0.717) is 21.9 Å². The summed E-state index contributed by atoms with van der Waals surface area (Å²) in [4.78, 5) is 39.4. The fourth-order valence-electron chi connectivity index (χ4n) is 4.12. The second-order valence-electron chi connectivity index (χ2n) is 9.04. The number of halogens is 4. The van der Waals surface area contributed by atoms with Gasteiger partial charge in [-0.05, 0) is 49.6 Å². The smallest absolute Gasteiger partial charge is 0.408 e. The lowest BCUT2D eigenvalue weighted by Gasteiger charge is -2.23. The molecule has 1 aromatic carbocycles. The number of hydrogen-bond acceptors (Lipinski definition) is 6. The molecular formula is C23H25F4N5O4S. The average Bonchev–Trinajstić information content (AvgIpc) is 3.35. The third-order valence-corrected chi connectivity index (χ3v) is 7.19. The molecule has 1 aromatic heterocycles. The van der Waals surface area contributed by atoms with Gasteiger partial charge in [-0.15, -0.1) is 0 Å². The van der Waals surface area contributed by atoms with Gasteiger partial charge in [0.15, 0.2) is 11.4 Å². The average molecular weight is 544 g/mol. The number of carbonyl (C=O) groups is 3. The Morgan fingerprint density at radius 1 is 1.24 bits per heavy atom. The molecule has 37 heavy (non-hydrogen) atoms. The van der Waals surface area contributed by atoms with Gasteiger partial charge in [0.05, 0.1) is 11.5 Å². The summed E-state index contributed by atoms with van der Waals surface area (Å²) in [5.74, 6) is -3.20. The Hall–Kier alpha value is -3.26. The highest BCUT2D eigenvalue weighted by Crippen LogP contribution is 2.37. The number of hydrogen-bond donors (Lipinski definition) is 3. The number of alkyl halides is 3. The quantitative estimate of drug-likeness (QED) is 0.313. The van der Waals surface area contributed by atoms with Crippen molar-refractivity contribution in [2.24, 2.45) is 13.0 Å². The van der Waals surface area contributed by atoms with Gasteiger partial charge in [-0.25, -0.2) is 4.39 Å². The molecule has 3 heterocycles. The zero-order valence-electron chi connectivity index (χ0n) is 20.1. The Balaban J connectivity index is 1.44. The van der Waals surface area contributed by atoms with Gasteiger partial charge in [-0.2, -0.15) is 13.2 Å². The molecule has 14 heteroatoms. The Morgan fingerprint density at radius 2 is 1.97 bits per heavy atom. The van der Waals surface area contributed by atoms with Crippen LogP contribution < -0.4 is 20.1 Å². The van der Waals surface area contributed by atoms with Crippen LogP contribution in [0.5, 0.6) is 5.75 Å². The minimum Gasteiger partial charge on any atom is -0.489 e. The van der Waals surface area contributed by atoms with E-state index in [1.807, 2.05) is 0 Å². The van der Waals surface area contributed by atoms with E-state index in [-0.39, 0.29) is 37.4 Å². The zero-order chi connectivity index (χ0) is 27.1. The molecule has 0 aliphatic carbocycles. The van der Waals surface area contributed by atoms with Crippen LogP contribution in [-0.2, 0) is 16.6 Å². The van der Waals surface area contributed by atoms with Crippen molar-refractivity contribution < 1.29 is 36.7 Å². The number of nitrogens with one attached hydrogen (secondary N) is 3. The summed E-state index contributed by atoms with van der Waals surface area (Å²) < 4.78 is 62.6. The van der Waals surface area contributed by atoms with Gasteiger partial charge in [0.2, 0.25) is 0 Å². The first-order valence-corrected chi connectivity index (χ1v) is 12.1. The van der Waals surface area contributed by atoms with Gasteiger partial charge in [0.1, 0.15) is 11.9 Å². The summed E-state index contributed by atoms with van der Waals surface area (Å²) in [6.45, 7) is 2.63. The number of benzene rings is 1. The first-order chi connectivity index (χ1) is 17.3. The van der Waals surface area contributed by atoms with Gasteiger partial charge in [0.25, 0.3) is 5.91 Å². The first kappa shape index (κ1) is 26.8. The molecule has 0 spiro atoms. The van der Waals surface area contributed by atoms with Crippen molar-refractivity contribution in [1.82, 2.24) is 19.5 Å². The lowest BCUT2D eigenvalue weighted by Crippen LogP contribution is -2.50. The molecule has 3 amide bonds. The molecule has 2 aliphatic heterocycles. The molecule has 0 saturated carbocycles. The number of fused-ring (bicyclic) bond motifs is 2. The number of amides is 3. The van der Waals surface area contributed by atoms with Crippen molar-refractivity contribution in [3.8, 4) is 5.75 Å². The molecule has 200 valence electrons. The highest BCUT2D eigenvalue weighted by Gasteiger charge is 2.42. The van der Waals surface area contributed by atoms with Crippen LogP contribution in [0, 0.1) is 18.7 Å². The van der Waals surface area contributed by atoms with Crippen molar-refractivity contribution >= 4 is 35.4 Å². The number of carbonyl (C=O) groups excluding carboxylic acids is 3. The number of aryl methyl sites for hydroxylation is 2. The number of aromatic nitrogens is 1. The third kappa shape index (κ3) is 5.69. The fourth-order valence-corrected chi connectivity index (χ4v) is 5.12. The molecule has 9 nitrogen and oxygen atoms in total. The molecule has 2 aliphatic rings. The Morgan fingerprint density at radius 3 is 2.65 bits per heavy atom. The summed E-state index contributed by atoms with van der Waals surface area (Å²) >= 11 is 1.19. The van der Waals surface area contributed by atoms with E-state index >= 15 is 0 Å². The van der Waals surface area contributed by atoms with E-state index in [4.69, 9.17) is 4.74 Å². The van der Waals surface area contributed by atoms with Crippen LogP contribution in [0.25, 0.3) is 0 Å². The molecule has 1 saturated heterocycles. The van der Waals surface area contributed by atoms with E-state index in [0.717, 1.165) is 6.92 Å². The predicted molar refractivity (Wildman–Crippen MR) is 127 cm³/mol. The topological polar surface area (TPSA) is 105 Å². The molecular weight excluding hydrogens is 518 g/mol. The van der Waals surface area contributed by atoms with Crippen LogP contribution >= 0.6 is 11.9 Å². The fraction of sp³-hybridized carbons (Fsp3) is 0.435. The standard InChI is InChI=1S/C23H25F4N5O4S/c1-11-6-14(4-5-15(11)24)29-20(33)18-19-17(9-31(18)3)37-30-16-8-32(7-13(16)10-36-19)22(35)21(34)28-12(2)23(25,26)27/h4-6,9,12-13,16,30H,7-8,10H2,1-3H3,(H,28,34)(H,29,33)/t12-,13+,16+/m1/s1. The van der Waals surface area contributed by atoms with Crippen LogP contribution in [0.3, 0.4) is 0 Å². The number of likely N-dealkylation sites (tertiary alicyclic amines) is 1. The van der Waals surface area contributed by atoms with E-state index in [1.165, 1.54) is 35.0 Å². The first-order valence-electron chi connectivity index (χ1n) is 11.3. The Kier molecular flexibility index (Phi) is 7.42. The van der Waals surface area contributed by atoms with E-state index < -0.39 is 35.8 Å². The maximum atomic E-state index is 13.6. The van der Waals surface area contributed by atoms with Crippen LogP contribution in [-0.4, -0.2) is 65.1 Å². The van der Waals surface area contributed by atoms with Crippen molar-refractivity contribution in [3.63, 3.8) is 0 Å². The normalized spacial score (nSPS) is 20.1. The highest BCUT2D eigenvalue weighted by molar-refractivity contribution is 7.97. The van der Waals surface area contributed by atoms with E-state index in [2.05, 4.69) is 10.0 Å². The molecule has 0 unspecified atom stereocenters. The molecule has 2 aromatic rings. The summed E-state index contributed by atoms with van der Waals surface area (Å²) in [5.41, 5.74) is 1.03. The minimum atomic E-state index is -4.66. The van der Waals surface area contributed by atoms with E-state index in [9.17, 15) is 31.9 Å². The molecule has 3 atom stereocenters. The number of ether oxygens (including phenoxy) is 1. The van der Waals surface area contributed by atoms with Crippen molar-refractivity contribution in [2.45, 2.75) is 37.0 Å². The van der Waals surface area contributed by atoms with Crippen LogP contribution in [0.15, 0.2) is 29.3 Å². The highest BCUT2D eigenvalue weighted by atomic mass is 32.2. The molecule has 3 N–H and O–H groups in total. The maximum absolute atomic E-state index is 13.6. The Bertz CT molecular complexity index is 1230. The van der Waals surface area contributed by atoms with Crippen LogP contribution in [0.1, 0.15) is 23.0 Å². The number of nitrogens with zero attached hydrogens (tertiary/aromatic N) is 2. The molecule has 1 fully saturated rings. The summed E-state index contributed by atoms with van der Waals surface area (Å²) in [5, 5.41) is 4.42. The lowest BCUT2D eigenvalue weighted by atomic mass is 10.1. The van der Waals surface area contributed by atoms with Gasteiger partial charge in [-0.1, -0.05) is 0 Å². The van der Waals surface area contributed by atoms with Crippen molar-refractivity contribution in [1.29, 1.82) is 0 Å². The van der Waals surface area contributed by atoms with Crippen molar-refractivity contribution in [3.05, 3.63) is 41.5 Å². The molecule has 4 rings (SSSR count). The lowest BCUT2D eigenvalue weighted by molar-refractivity contribution is -0.162. The third-order valence-electron chi connectivity index (χ3n) is 6.26. The SMILES string of the molecule is Cc1cc(NC(=O)c2c3c(cn2C)SN[C@H]2CN(C(=O)C(=O)N[C@H](C)C(F)(F)F)C[C@H]2CO3)ccc1F. The zero-order valence-corrected chi connectivity index (χ0v) is 20.9. The number of anilines is 1. The van der Waals surface area contributed by atoms with Crippen molar-refractivity contribution in [2.75, 3.05) is 25.0 Å². The van der Waals surface area contributed by atoms with Gasteiger partial charge >= 0.3 is 18.0 Å². The largest absolute Gasteiger partial charge is 0.489 e.